The van der Waals surface area contributed by atoms with E-state index in [4.69, 9.17) is 0 Å². The minimum atomic E-state index is -4.41. The summed E-state index contributed by atoms with van der Waals surface area (Å²) in [6.07, 6.45) is -3.86. The number of halogens is 3. The molecule has 1 aromatic carbocycles. The van der Waals surface area contributed by atoms with Gasteiger partial charge < -0.3 is 5.32 Å². The molecule has 1 atom stereocenters. The maximum Gasteiger partial charge on any atom is 0.416 e. The van der Waals surface area contributed by atoms with Crippen molar-refractivity contribution in [3.05, 3.63) is 41.1 Å². The first-order valence-electron chi connectivity index (χ1n) is 7.11. The Labute approximate surface area is 132 Å². The summed E-state index contributed by atoms with van der Waals surface area (Å²) in [7, 11) is 0. The van der Waals surface area contributed by atoms with Crippen molar-refractivity contribution in [2.24, 2.45) is 5.92 Å². The molecule has 2 nitrogen and oxygen atoms in total. The molecular weight excluding hydrogens is 311 g/mol. The molecule has 0 heterocycles. The van der Waals surface area contributed by atoms with Crippen LogP contribution in [0.1, 0.15) is 31.4 Å². The molecule has 6 heteroatoms. The number of hydrogen-bond acceptors (Lipinski definition) is 3. The average molecular weight is 329 g/mol. The second-order valence-corrected chi connectivity index (χ2v) is 6.49. The second-order valence-electron chi connectivity index (χ2n) is 5.22. The molecule has 1 unspecified atom stereocenters. The predicted octanol–water partition coefficient (Wildman–Crippen LogP) is 4.33. The van der Waals surface area contributed by atoms with Crippen molar-refractivity contribution in [3.63, 3.8) is 0 Å². The lowest BCUT2D eigenvalue weighted by molar-refractivity contribution is -0.137. The van der Waals surface area contributed by atoms with Crippen molar-refractivity contribution >= 4 is 23.1 Å². The quantitative estimate of drug-likeness (QED) is 0.644. The zero-order chi connectivity index (χ0) is 16.3. The first-order chi connectivity index (χ1) is 10.3. The first kappa shape index (κ1) is 16.9. The molecule has 0 saturated carbocycles. The lowest BCUT2D eigenvalue weighted by atomic mass is 9.98. The van der Waals surface area contributed by atoms with Crippen LogP contribution >= 0.6 is 11.8 Å². The van der Waals surface area contributed by atoms with Crippen molar-refractivity contribution in [3.8, 4) is 0 Å². The van der Waals surface area contributed by atoms with Gasteiger partial charge in [0, 0.05) is 17.2 Å². The van der Waals surface area contributed by atoms with Gasteiger partial charge in [-0.1, -0.05) is 26.0 Å². The van der Waals surface area contributed by atoms with Crippen molar-refractivity contribution in [1.82, 2.24) is 5.32 Å². The molecule has 120 valence electrons. The van der Waals surface area contributed by atoms with E-state index in [-0.39, 0.29) is 11.7 Å². The molecule has 0 fully saturated rings. The van der Waals surface area contributed by atoms with Gasteiger partial charge in [-0.25, -0.2) is 0 Å². The number of rotatable bonds is 5. The summed E-state index contributed by atoms with van der Waals surface area (Å²) in [5, 5.41) is 3.19. The second kappa shape index (κ2) is 6.77. The van der Waals surface area contributed by atoms with Crippen molar-refractivity contribution in [2.75, 3.05) is 11.6 Å². The largest absolute Gasteiger partial charge is 0.416 e. The van der Waals surface area contributed by atoms with Crippen LogP contribution in [0.3, 0.4) is 0 Å². The highest BCUT2D eigenvalue weighted by Crippen LogP contribution is 2.36. The monoisotopic (exact) mass is 329 g/mol. The fraction of sp³-hybridized carbons (Fsp3) is 0.438. The van der Waals surface area contributed by atoms with Crippen LogP contribution in [0.4, 0.5) is 13.2 Å². The third-order valence-electron chi connectivity index (χ3n) is 3.58. The number of carbonyl (C=O) groups is 1. The van der Waals surface area contributed by atoms with Gasteiger partial charge in [0.1, 0.15) is 0 Å². The Morgan fingerprint density at radius 2 is 2.09 bits per heavy atom. The maximum atomic E-state index is 12.9. The molecule has 1 aromatic rings. The summed E-state index contributed by atoms with van der Waals surface area (Å²) >= 11 is 1.67. The maximum absolute atomic E-state index is 12.9. The molecule has 0 spiro atoms. The predicted molar refractivity (Wildman–Crippen MR) is 83.3 cm³/mol. The fourth-order valence-corrected chi connectivity index (χ4v) is 2.94. The molecule has 0 aliphatic heterocycles. The summed E-state index contributed by atoms with van der Waals surface area (Å²) in [5.41, 5.74) is 0.758. The van der Waals surface area contributed by atoms with Gasteiger partial charge in [-0.15, -0.1) is 11.8 Å². The van der Waals surface area contributed by atoms with Crippen LogP contribution in [0, 0.1) is 5.92 Å². The van der Waals surface area contributed by atoms with Gasteiger partial charge in [0.05, 0.1) is 11.4 Å². The van der Waals surface area contributed by atoms with E-state index in [0.717, 1.165) is 23.6 Å². The molecule has 0 radical (unpaired) electrons. The highest BCUT2D eigenvalue weighted by molar-refractivity contribution is 7.99. The van der Waals surface area contributed by atoms with E-state index in [1.165, 1.54) is 6.07 Å². The topological polar surface area (TPSA) is 29.1 Å². The number of alkyl halides is 3. The highest BCUT2D eigenvalue weighted by atomic mass is 32.2. The number of carbonyl (C=O) groups excluding carboxylic acids is 1. The van der Waals surface area contributed by atoms with Crippen LogP contribution in [-0.4, -0.2) is 17.4 Å². The van der Waals surface area contributed by atoms with Crippen LogP contribution in [0.15, 0.2) is 30.0 Å². The van der Waals surface area contributed by atoms with Gasteiger partial charge in [-0.3, -0.25) is 4.79 Å². The molecule has 0 aromatic heterocycles. The van der Waals surface area contributed by atoms with Crippen LogP contribution in [0.2, 0.25) is 0 Å². The summed E-state index contributed by atoms with van der Waals surface area (Å²) in [5.74, 6) is 1.29. The fourth-order valence-electron chi connectivity index (χ4n) is 2.46. The number of allylic oxidation sites excluding steroid dienone is 2. The van der Waals surface area contributed by atoms with E-state index in [0.29, 0.717) is 23.4 Å². The number of ketones is 1. The minimum absolute atomic E-state index is 0.0941. The Morgan fingerprint density at radius 3 is 2.73 bits per heavy atom. The van der Waals surface area contributed by atoms with Crippen LogP contribution in [0.5, 0.6) is 0 Å². The molecular formula is C16H18F3NOS. The summed E-state index contributed by atoms with van der Waals surface area (Å²) < 4.78 is 38.6. The van der Waals surface area contributed by atoms with E-state index in [1.54, 1.807) is 24.8 Å². The Bertz CT molecular complexity index is 595. The molecule has 0 amide bonds. The number of hydrogen-bond donors (Lipinski definition) is 1. The zero-order valence-electron chi connectivity index (χ0n) is 12.5. The molecule has 1 N–H and O–H groups in total. The normalized spacial score (nSPS) is 19.0. The lowest BCUT2D eigenvalue weighted by Gasteiger charge is -2.12. The van der Waals surface area contributed by atoms with Gasteiger partial charge in [0.2, 0.25) is 0 Å². The Kier molecular flexibility index (Phi) is 5.21. The molecule has 22 heavy (non-hydrogen) atoms. The number of benzene rings is 1. The summed E-state index contributed by atoms with van der Waals surface area (Å²) in [4.78, 5) is 12.3. The van der Waals surface area contributed by atoms with Gasteiger partial charge in [-0.2, -0.15) is 13.2 Å². The minimum Gasteiger partial charge on any atom is -0.379 e. The third-order valence-corrected chi connectivity index (χ3v) is 4.33. The molecule has 0 saturated heterocycles. The van der Waals surface area contributed by atoms with E-state index in [9.17, 15) is 18.0 Å². The third kappa shape index (κ3) is 3.66. The van der Waals surface area contributed by atoms with Gasteiger partial charge in [-0.05, 0) is 29.9 Å². The van der Waals surface area contributed by atoms with Gasteiger partial charge in [0.15, 0.2) is 5.78 Å². The van der Waals surface area contributed by atoms with Crippen LogP contribution in [-0.2, 0) is 11.0 Å². The van der Waals surface area contributed by atoms with E-state index in [2.05, 4.69) is 5.32 Å². The summed E-state index contributed by atoms with van der Waals surface area (Å²) in [6, 6.07) is 4.99. The number of nitrogens with one attached hydrogen (secondary N) is 1. The highest BCUT2D eigenvalue weighted by Gasteiger charge is 2.34. The lowest BCUT2D eigenvalue weighted by Crippen LogP contribution is -2.13. The molecule has 0 bridgehead atoms. The Hall–Kier alpha value is -1.43. The Balaban J connectivity index is 2.37. The number of thioether (sulfide) groups is 1. The van der Waals surface area contributed by atoms with Crippen molar-refractivity contribution in [1.29, 1.82) is 0 Å². The zero-order valence-corrected chi connectivity index (χ0v) is 13.3. The standard InChI is InChI=1S/C16H18F3NOS/c1-3-22-9-20-13-7-10(2)15(21)14(13)11-5-4-6-12(8-11)16(17,18)19/h4-6,8,10,20H,3,7,9H2,1-2H3. The van der Waals surface area contributed by atoms with Crippen LogP contribution in [0.25, 0.3) is 5.57 Å². The number of Topliss-reactive ketones (excluding diaryl/α,β-unsaturated/α-hetero) is 1. The van der Waals surface area contributed by atoms with E-state index in [1.807, 2.05) is 6.92 Å². The summed E-state index contributed by atoms with van der Waals surface area (Å²) in [6.45, 7) is 3.83. The van der Waals surface area contributed by atoms with E-state index < -0.39 is 11.7 Å². The molecule has 1 aliphatic carbocycles. The molecule has 2 rings (SSSR count). The van der Waals surface area contributed by atoms with Gasteiger partial charge in [0.25, 0.3) is 0 Å². The smallest absolute Gasteiger partial charge is 0.379 e. The Morgan fingerprint density at radius 1 is 1.36 bits per heavy atom. The van der Waals surface area contributed by atoms with Crippen molar-refractivity contribution < 1.29 is 18.0 Å². The molecule has 1 aliphatic rings. The first-order valence-corrected chi connectivity index (χ1v) is 8.26. The average Bonchev–Trinajstić information content (AvgIpc) is 2.74. The SMILES string of the molecule is CCSCNC1=C(c2cccc(C(F)(F)F)c2)C(=O)C(C)C1. The van der Waals surface area contributed by atoms with Crippen LogP contribution < -0.4 is 5.32 Å². The van der Waals surface area contributed by atoms with E-state index >= 15 is 0 Å². The van der Waals surface area contributed by atoms with Crippen molar-refractivity contribution in [2.45, 2.75) is 26.4 Å². The van der Waals surface area contributed by atoms with Gasteiger partial charge >= 0.3 is 6.18 Å².